The molecule has 0 aromatic heterocycles. The van der Waals surface area contributed by atoms with Gasteiger partial charge in [-0.1, -0.05) is 0 Å². The molecule has 0 aliphatic heterocycles. The molecule has 0 aromatic rings. The topological polar surface area (TPSA) is 138 Å². The average Bonchev–Trinajstić information content (AvgIpc) is 2.40. The van der Waals surface area contributed by atoms with Crippen LogP contribution in [0.3, 0.4) is 0 Å². The zero-order chi connectivity index (χ0) is 15.0. The van der Waals surface area contributed by atoms with Crippen LogP contribution in [0.4, 0.5) is 0 Å². The molecule has 7 heteroatoms. The van der Waals surface area contributed by atoms with Crippen LogP contribution in [0.5, 0.6) is 0 Å². The lowest BCUT2D eigenvalue weighted by atomic mass is 9.78. The minimum atomic E-state index is -1.38. The van der Waals surface area contributed by atoms with Gasteiger partial charge in [0.05, 0.1) is 24.4 Å². The number of carbonyl (C=O) groups excluding carboxylic acids is 1. The summed E-state index contributed by atoms with van der Waals surface area (Å²) in [5, 5.41) is 58.1. The minimum absolute atomic E-state index is 0.0181. The highest BCUT2D eigenvalue weighted by molar-refractivity contribution is 5.97. The fourth-order valence-electron chi connectivity index (χ4n) is 2.84. The molecule has 2 aliphatic carbocycles. The van der Waals surface area contributed by atoms with E-state index in [4.69, 9.17) is 0 Å². The van der Waals surface area contributed by atoms with E-state index in [0.717, 1.165) is 0 Å². The summed E-state index contributed by atoms with van der Waals surface area (Å²) >= 11 is 0. The van der Waals surface area contributed by atoms with Crippen molar-refractivity contribution in [3.63, 3.8) is 0 Å². The Morgan fingerprint density at radius 1 is 0.850 bits per heavy atom. The summed E-state index contributed by atoms with van der Waals surface area (Å²) in [7, 11) is 0. The van der Waals surface area contributed by atoms with E-state index >= 15 is 0 Å². The van der Waals surface area contributed by atoms with Crippen molar-refractivity contribution in [2.45, 2.75) is 56.2 Å². The molecule has 114 valence electrons. The first-order valence-electron chi connectivity index (χ1n) is 6.68. The predicted molar refractivity (Wildman–Crippen MR) is 66.7 cm³/mol. The Labute approximate surface area is 115 Å². The number of aliphatic hydroxyl groups excluding tert-OH is 6. The molecule has 2 saturated carbocycles. The van der Waals surface area contributed by atoms with Gasteiger partial charge in [0, 0.05) is 24.3 Å². The Hall–Kier alpha value is -0.990. The molecule has 6 atom stereocenters. The number of rotatable bonds is 1. The monoisotopic (exact) mass is 288 g/mol. The Bertz CT molecular complexity index is 419. The number of ketones is 1. The van der Waals surface area contributed by atoms with Crippen molar-refractivity contribution >= 4 is 5.78 Å². The second kappa shape index (κ2) is 5.79. The fraction of sp³-hybridized carbons (Fsp3) is 0.769. The van der Waals surface area contributed by atoms with Gasteiger partial charge in [0.25, 0.3) is 0 Å². The highest BCUT2D eigenvalue weighted by Crippen LogP contribution is 2.34. The molecule has 0 radical (unpaired) electrons. The van der Waals surface area contributed by atoms with E-state index in [1.54, 1.807) is 0 Å². The molecule has 20 heavy (non-hydrogen) atoms. The molecule has 2 fully saturated rings. The molecule has 2 rings (SSSR count). The summed E-state index contributed by atoms with van der Waals surface area (Å²) in [6.45, 7) is 0. The van der Waals surface area contributed by atoms with Gasteiger partial charge in [0.2, 0.25) is 0 Å². The third kappa shape index (κ3) is 2.72. The second-order valence-electron chi connectivity index (χ2n) is 5.56. The Morgan fingerprint density at radius 3 is 2.10 bits per heavy atom. The van der Waals surface area contributed by atoms with E-state index in [2.05, 4.69) is 0 Å². The smallest absolute Gasteiger partial charge is 0.164 e. The maximum atomic E-state index is 11.8. The lowest BCUT2D eigenvalue weighted by Crippen LogP contribution is -2.47. The van der Waals surface area contributed by atoms with Gasteiger partial charge < -0.3 is 30.6 Å². The molecule has 0 aromatic carbocycles. The van der Waals surface area contributed by atoms with E-state index < -0.39 is 42.2 Å². The molecule has 0 saturated heterocycles. The van der Waals surface area contributed by atoms with Crippen LogP contribution in [0.1, 0.15) is 25.7 Å². The van der Waals surface area contributed by atoms with E-state index in [1.807, 2.05) is 0 Å². The van der Waals surface area contributed by atoms with Gasteiger partial charge in [-0.2, -0.15) is 0 Å². The zero-order valence-electron chi connectivity index (χ0n) is 10.9. The van der Waals surface area contributed by atoms with Crippen molar-refractivity contribution in [3.05, 3.63) is 11.3 Å². The maximum absolute atomic E-state index is 11.8. The van der Waals surface area contributed by atoms with Gasteiger partial charge in [0.1, 0.15) is 11.9 Å². The molecule has 0 heterocycles. The van der Waals surface area contributed by atoms with Crippen molar-refractivity contribution < 1.29 is 35.4 Å². The molecular formula is C13H20O7. The SMILES string of the molecule is O=C1CC(O)C(O)CC1=C(O)C1CCC(O)C(O)C1O. The maximum Gasteiger partial charge on any atom is 0.164 e. The van der Waals surface area contributed by atoms with Crippen molar-refractivity contribution in [1.29, 1.82) is 0 Å². The first-order valence-corrected chi connectivity index (χ1v) is 6.68. The van der Waals surface area contributed by atoms with Gasteiger partial charge >= 0.3 is 0 Å². The number of hydrogen-bond donors (Lipinski definition) is 6. The third-order valence-corrected chi connectivity index (χ3v) is 4.18. The molecule has 6 N–H and O–H groups in total. The van der Waals surface area contributed by atoms with Crippen LogP contribution in [-0.4, -0.2) is 66.9 Å². The summed E-state index contributed by atoms with van der Waals surface area (Å²) in [5.74, 6) is -1.69. The standard InChI is InChI=1S/C13H20O7/c14-7-2-1-5(12(19)13(7)20)11(18)6-3-9(16)10(17)4-8(6)15/h5,7,9-10,12-14,16-20H,1-4H2. The van der Waals surface area contributed by atoms with E-state index in [9.17, 15) is 35.4 Å². The van der Waals surface area contributed by atoms with E-state index in [-0.39, 0.29) is 37.0 Å². The third-order valence-electron chi connectivity index (χ3n) is 4.18. The van der Waals surface area contributed by atoms with Crippen LogP contribution in [-0.2, 0) is 4.79 Å². The average molecular weight is 288 g/mol. The molecule has 0 bridgehead atoms. The first-order chi connectivity index (χ1) is 9.32. The highest BCUT2D eigenvalue weighted by Gasteiger charge is 2.41. The predicted octanol–water partition coefficient (Wildman–Crippen LogP) is -1.62. The molecule has 7 nitrogen and oxygen atoms in total. The van der Waals surface area contributed by atoms with Crippen LogP contribution in [0.2, 0.25) is 0 Å². The van der Waals surface area contributed by atoms with Crippen molar-refractivity contribution in [2.75, 3.05) is 0 Å². The number of carbonyl (C=O) groups is 1. The van der Waals surface area contributed by atoms with E-state index in [0.29, 0.717) is 0 Å². The van der Waals surface area contributed by atoms with Crippen molar-refractivity contribution in [2.24, 2.45) is 5.92 Å². The number of Topliss-reactive ketones (excluding diaryl/α,β-unsaturated/α-hetero) is 1. The Balaban J connectivity index is 2.23. The second-order valence-corrected chi connectivity index (χ2v) is 5.56. The molecular weight excluding hydrogens is 268 g/mol. The summed E-state index contributed by atoms with van der Waals surface area (Å²) in [6, 6.07) is 0. The lowest BCUT2D eigenvalue weighted by Gasteiger charge is -2.36. The molecule has 0 amide bonds. The van der Waals surface area contributed by atoms with Crippen LogP contribution >= 0.6 is 0 Å². The van der Waals surface area contributed by atoms with Gasteiger partial charge in [-0.05, 0) is 12.8 Å². The summed E-state index contributed by atoms with van der Waals surface area (Å²) in [4.78, 5) is 11.8. The van der Waals surface area contributed by atoms with Gasteiger partial charge in [0.15, 0.2) is 5.78 Å². The lowest BCUT2D eigenvalue weighted by molar-refractivity contribution is -0.123. The largest absolute Gasteiger partial charge is 0.511 e. The van der Waals surface area contributed by atoms with Crippen LogP contribution in [0, 0.1) is 5.92 Å². The van der Waals surface area contributed by atoms with Crippen LogP contribution in [0.25, 0.3) is 0 Å². The molecule has 6 unspecified atom stereocenters. The zero-order valence-corrected chi connectivity index (χ0v) is 10.9. The fourth-order valence-corrected chi connectivity index (χ4v) is 2.84. The quantitative estimate of drug-likeness (QED) is 0.252. The molecule has 0 spiro atoms. The van der Waals surface area contributed by atoms with Gasteiger partial charge in [-0.15, -0.1) is 0 Å². The minimum Gasteiger partial charge on any atom is -0.511 e. The van der Waals surface area contributed by atoms with Crippen LogP contribution in [0.15, 0.2) is 11.3 Å². The van der Waals surface area contributed by atoms with Crippen molar-refractivity contribution in [1.82, 2.24) is 0 Å². The Morgan fingerprint density at radius 2 is 1.45 bits per heavy atom. The number of hydrogen-bond acceptors (Lipinski definition) is 7. The molecule has 2 aliphatic rings. The Kier molecular flexibility index (Phi) is 4.46. The normalized spacial score (nSPS) is 45.4. The van der Waals surface area contributed by atoms with Crippen LogP contribution < -0.4 is 0 Å². The summed E-state index contributed by atoms with van der Waals surface area (Å²) in [6.07, 6.45) is -6.16. The van der Waals surface area contributed by atoms with E-state index in [1.165, 1.54) is 0 Å². The summed E-state index contributed by atoms with van der Waals surface area (Å²) in [5.41, 5.74) is -0.0181. The summed E-state index contributed by atoms with van der Waals surface area (Å²) < 4.78 is 0. The first kappa shape index (κ1) is 15.4. The van der Waals surface area contributed by atoms with Gasteiger partial charge in [-0.3, -0.25) is 4.79 Å². The van der Waals surface area contributed by atoms with Gasteiger partial charge in [-0.25, -0.2) is 0 Å². The number of aliphatic hydroxyl groups is 6. The highest BCUT2D eigenvalue weighted by atomic mass is 16.4. The van der Waals surface area contributed by atoms with Crippen molar-refractivity contribution in [3.8, 4) is 0 Å².